The highest BCUT2D eigenvalue weighted by molar-refractivity contribution is 5.96. The largest absolute Gasteiger partial charge is 0.496 e. The molecule has 0 atom stereocenters. The highest BCUT2D eigenvalue weighted by atomic mass is 16.5. The highest BCUT2D eigenvalue weighted by Gasteiger charge is 2.26. The Morgan fingerprint density at radius 2 is 1.36 bits per heavy atom. The van der Waals surface area contributed by atoms with Crippen LogP contribution in [0.2, 0.25) is 0 Å². The third-order valence-corrected chi connectivity index (χ3v) is 5.86. The van der Waals surface area contributed by atoms with Crippen LogP contribution in [0.25, 0.3) is 0 Å². The summed E-state index contributed by atoms with van der Waals surface area (Å²) in [5.41, 5.74) is 3.23. The molecule has 0 bridgehead atoms. The lowest BCUT2D eigenvalue weighted by molar-refractivity contribution is 0.0535. The van der Waals surface area contributed by atoms with E-state index in [4.69, 9.17) is 9.47 Å². The minimum absolute atomic E-state index is 0.0189. The number of nitrogens with zero attached hydrogens (tertiary/aromatic N) is 2. The molecule has 1 aliphatic rings. The highest BCUT2D eigenvalue weighted by Crippen LogP contribution is 2.21. The molecule has 1 heterocycles. The fourth-order valence-corrected chi connectivity index (χ4v) is 3.86. The summed E-state index contributed by atoms with van der Waals surface area (Å²) in [4.78, 5) is 29.4. The molecule has 1 saturated heterocycles. The van der Waals surface area contributed by atoms with E-state index < -0.39 is 0 Å². The first-order valence-electron chi connectivity index (χ1n) is 11.0. The van der Waals surface area contributed by atoms with E-state index in [2.05, 4.69) is 0 Å². The fourth-order valence-electron chi connectivity index (χ4n) is 3.86. The zero-order valence-electron chi connectivity index (χ0n) is 19.0. The van der Waals surface area contributed by atoms with Crippen molar-refractivity contribution in [2.75, 3.05) is 33.3 Å². The monoisotopic (exact) mass is 444 g/mol. The van der Waals surface area contributed by atoms with Gasteiger partial charge in [-0.2, -0.15) is 0 Å². The van der Waals surface area contributed by atoms with Crippen LogP contribution in [0.3, 0.4) is 0 Å². The minimum atomic E-state index is -0.0387. The summed E-state index contributed by atoms with van der Waals surface area (Å²) in [5.74, 6) is 1.46. The molecule has 3 aromatic carbocycles. The van der Waals surface area contributed by atoms with Crippen molar-refractivity contribution < 1.29 is 19.1 Å². The van der Waals surface area contributed by atoms with Gasteiger partial charge in [0.2, 0.25) is 0 Å². The second-order valence-electron chi connectivity index (χ2n) is 8.07. The SMILES string of the molecule is COc1cc(C(=O)N2CCN(C(=O)c3ccc(COc4ccccc4)cc3)CC2)ccc1C. The van der Waals surface area contributed by atoms with Crippen molar-refractivity contribution in [3.05, 3.63) is 95.1 Å². The van der Waals surface area contributed by atoms with Crippen LogP contribution in [0, 0.1) is 6.92 Å². The molecule has 33 heavy (non-hydrogen) atoms. The molecular formula is C27H28N2O4. The van der Waals surface area contributed by atoms with Gasteiger partial charge in [-0.05, 0) is 54.4 Å². The Bertz CT molecular complexity index is 1100. The summed E-state index contributed by atoms with van der Waals surface area (Å²) >= 11 is 0. The molecule has 6 heteroatoms. The second-order valence-corrected chi connectivity index (χ2v) is 8.07. The summed E-state index contributed by atoms with van der Waals surface area (Å²) in [7, 11) is 1.60. The molecule has 170 valence electrons. The van der Waals surface area contributed by atoms with E-state index in [-0.39, 0.29) is 11.8 Å². The Labute approximate surface area is 194 Å². The van der Waals surface area contributed by atoms with Gasteiger partial charge in [-0.25, -0.2) is 0 Å². The molecule has 4 rings (SSSR count). The lowest BCUT2D eigenvalue weighted by Crippen LogP contribution is -2.50. The Balaban J connectivity index is 1.31. The minimum Gasteiger partial charge on any atom is -0.496 e. The predicted molar refractivity (Wildman–Crippen MR) is 127 cm³/mol. The molecule has 0 N–H and O–H groups in total. The molecule has 0 aromatic heterocycles. The summed E-state index contributed by atoms with van der Waals surface area (Å²) < 4.78 is 11.1. The van der Waals surface area contributed by atoms with Crippen molar-refractivity contribution in [1.29, 1.82) is 0 Å². The van der Waals surface area contributed by atoms with Gasteiger partial charge in [-0.3, -0.25) is 9.59 Å². The van der Waals surface area contributed by atoms with Crippen molar-refractivity contribution in [3.8, 4) is 11.5 Å². The summed E-state index contributed by atoms with van der Waals surface area (Å²) in [6.07, 6.45) is 0. The molecule has 2 amide bonds. The van der Waals surface area contributed by atoms with E-state index in [0.717, 1.165) is 16.9 Å². The summed E-state index contributed by atoms with van der Waals surface area (Å²) in [5, 5.41) is 0. The van der Waals surface area contributed by atoms with Crippen molar-refractivity contribution in [2.45, 2.75) is 13.5 Å². The third-order valence-electron chi connectivity index (χ3n) is 5.86. The number of hydrogen-bond acceptors (Lipinski definition) is 4. The van der Waals surface area contributed by atoms with E-state index in [0.29, 0.717) is 49.7 Å². The molecule has 0 radical (unpaired) electrons. The number of methoxy groups -OCH3 is 1. The average molecular weight is 445 g/mol. The first-order valence-corrected chi connectivity index (χ1v) is 11.0. The Hall–Kier alpha value is -3.80. The molecule has 3 aromatic rings. The van der Waals surface area contributed by atoms with Gasteiger partial charge in [0, 0.05) is 37.3 Å². The number of ether oxygens (including phenoxy) is 2. The Morgan fingerprint density at radius 3 is 1.97 bits per heavy atom. The smallest absolute Gasteiger partial charge is 0.254 e. The summed E-state index contributed by atoms with van der Waals surface area (Å²) in [6, 6.07) is 22.6. The molecule has 0 unspecified atom stereocenters. The number of amides is 2. The van der Waals surface area contributed by atoms with Crippen LogP contribution in [-0.4, -0.2) is 54.9 Å². The van der Waals surface area contributed by atoms with Crippen molar-refractivity contribution in [3.63, 3.8) is 0 Å². The first kappa shape index (κ1) is 22.4. The number of aryl methyl sites for hydroxylation is 1. The second kappa shape index (κ2) is 10.2. The number of hydrogen-bond donors (Lipinski definition) is 0. The van der Waals surface area contributed by atoms with Crippen LogP contribution in [0.1, 0.15) is 31.8 Å². The van der Waals surface area contributed by atoms with E-state index in [1.165, 1.54) is 0 Å². The lowest BCUT2D eigenvalue weighted by Gasteiger charge is -2.35. The Morgan fingerprint density at radius 1 is 0.788 bits per heavy atom. The lowest BCUT2D eigenvalue weighted by atomic mass is 10.1. The van der Waals surface area contributed by atoms with E-state index in [1.807, 2.05) is 73.7 Å². The van der Waals surface area contributed by atoms with Crippen LogP contribution in [0.4, 0.5) is 0 Å². The zero-order valence-corrected chi connectivity index (χ0v) is 19.0. The number of piperazine rings is 1. The predicted octanol–water partition coefficient (Wildman–Crippen LogP) is 4.18. The Kier molecular flexibility index (Phi) is 6.93. The maximum absolute atomic E-state index is 12.9. The molecule has 0 aliphatic carbocycles. The van der Waals surface area contributed by atoms with Crippen molar-refractivity contribution >= 4 is 11.8 Å². The number of benzene rings is 3. The van der Waals surface area contributed by atoms with Crippen LogP contribution >= 0.6 is 0 Å². The molecule has 0 spiro atoms. The van der Waals surface area contributed by atoms with E-state index in [9.17, 15) is 9.59 Å². The van der Waals surface area contributed by atoms with Crippen LogP contribution in [0.5, 0.6) is 11.5 Å². The van der Waals surface area contributed by atoms with Gasteiger partial charge in [0.1, 0.15) is 18.1 Å². The maximum Gasteiger partial charge on any atom is 0.254 e. The number of para-hydroxylation sites is 1. The molecular weight excluding hydrogens is 416 g/mol. The fraction of sp³-hybridized carbons (Fsp3) is 0.259. The van der Waals surface area contributed by atoms with Gasteiger partial charge in [-0.15, -0.1) is 0 Å². The third kappa shape index (κ3) is 5.34. The van der Waals surface area contributed by atoms with Gasteiger partial charge in [0.05, 0.1) is 7.11 Å². The first-order chi connectivity index (χ1) is 16.0. The van der Waals surface area contributed by atoms with Crippen molar-refractivity contribution in [1.82, 2.24) is 9.80 Å². The molecule has 1 fully saturated rings. The van der Waals surface area contributed by atoms with Crippen LogP contribution < -0.4 is 9.47 Å². The van der Waals surface area contributed by atoms with Gasteiger partial charge in [-0.1, -0.05) is 36.4 Å². The molecule has 0 saturated carbocycles. The normalized spacial score (nSPS) is 13.5. The number of carbonyl (C=O) groups is 2. The summed E-state index contributed by atoms with van der Waals surface area (Å²) in [6.45, 7) is 4.41. The topological polar surface area (TPSA) is 59.1 Å². The van der Waals surface area contributed by atoms with E-state index >= 15 is 0 Å². The molecule has 6 nitrogen and oxygen atoms in total. The van der Waals surface area contributed by atoms with Crippen LogP contribution in [0.15, 0.2) is 72.8 Å². The maximum atomic E-state index is 12.9. The average Bonchev–Trinajstić information content (AvgIpc) is 2.88. The number of carbonyl (C=O) groups excluding carboxylic acids is 2. The zero-order chi connectivity index (χ0) is 23.2. The van der Waals surface area contributed by atoms with Gasteiger partial charge >= 0.3 is 0 Å². The van der Waals surface area contributed by atoms with Gasteiger partial charge < -0.3 is 19.3 Å². The van der Waals surface area contributed by atoms with Gasteiger partial charge in [0.15, 0.2) is 0 Å². The van der Waals surface area contributed by atoms with E-state index in [1.54, 1.807) is 23.0 Å². The number of rotatable bonds is 6. The van der Waals surface area contributed by atoms with Gasteiger partial charge in [0.25, 0.3) is 11.8 Å². The quantitative estimate of drug-likeness (QED) is 0.572. The van der Waals surface area contributed by atoms with Crippen molar-refractivity contribution in [2.24, 2.45) is 0 Å². The molecule has 1 aliphatic heterocycles. The van der Waals surface area contributed by atoms with Crippen LogP contribution in [-0.2, 0) is 6.61 Å². The standard InChI is InChI=1S/C27H28N2O4/c1-20-8-11-23(18-25(20)32-2)27(31)29-16-14-28(15-17-29)26(30)22-12-9-21(10-13-22)19-33-24-6-4-3-5-7-24/h3-13,18H,14-17,19H2,1-2H3.